The molecule has 3 N–H and O–H groups in total. The maximum absolute atomic E-state index is 12.2. The Bertz CT molecular complexity index is 698. The third-order valence-electron chi connectivity index (χ3n) is 4.52. The molecular weight excluding hydrogens is 288 g/mol. The summed E-state index contributed by atoms with van der Waals surface area (Å²) in [7, 11) is 0. The number of aromatic amines is 1. The molecule has 1 aromatic carbocycles. The highest BCUT2D eigenvalue weighted by Crippen LogP contribution is 2.25. The van der Waals surface area contributed by atoms with Crippen molar-refractivity contribution in [3.63, 3.8) is 0 Å². The van der Waals surface area contributed by atoms with E-state index in [1.54, 1.807) is 0 Å². The van der Waals surface area contributed by atoms with E-state index in [0.29, 0.717) is 12.5 Å². The van der Waals surface area contributed by atoms with Gasteiger partial charge in [0.25, 0.3) is 0 Å². The average Bonchev–Trinajstić information content (AvgIpc) is 2.94. The van der Waals surface area contributed by atoms with E-state index < -0.39 is 0 Å². The Labute approximate surface area is 137 Å². The lowest BCUT2D eigenvalue weighted by atomic mass is 9.97. The number of carbonyl (C=O) groups excluding carboxylic acids is 1. The smallest absolute Gasteiger partial charge is 0.317 e. The summed E-state index contributed by atoms with van der Waals surface area (Å²) in [5.41, 5.74) is 4.88. The fourth-order valence-electron chi connectivity index (χ4n) is 3.24. The predicted octanol–water partition coefficient (Wildman–Crippen LogP) is 2.71. The first kappa shape index (κ1) is 15.9. The summed E-state index contributed by atoms with van der Waals surface area (Å²) < 4.78 is 0. The minimum Gasteiger partial charge on any atom is -0.357 e. The molecule has 1 aliphatic rings. The molecule has 1 fully saturated rings. The van der Waals surface area contributed by atoms with Gasteiger partial charge < -0.3 is 20.5 Å². The Balaban J connectivity index is 1.69. The maximum Gasteiger partial charge on any atom is 0.317 e. The second kappa shape index (κ2) is 6.62. The molecule has 1 aromatic heterocycles. The van der Waals surface area contributed by atoms with Crippen molar-refractivity contribution in [2.75, 3.05) is 26.2 Å². The van der Waals surface area contributed by atoms with Crippen LogP contribution >= 0.6 is 0 Å². The van der Waals surface area contributed by atoms with E-state index in [2.05, 4.69) is 54.6 Å². The Morgan fingerprint density at radius 3 is 2.70 bits per heavy atom. The van der Waals surface area contributed by atoms with Gasteiger partial charge in [-0.3, -0.25) is 0 Å². The van der Waals surface area contributed by atoms with Crippen LogP contribution in [-0.2, 0) is 6.54 Å². The molecule has 0 aliphatic carbocycles. The van der Waals surface area contributed by atoms with E-state index >= 15 is 0 Å². The quantitative estimate of drug-likeness (QED) is 0.816. The van der Waals surface area contributed by atoms with Gasteiger partial charge in [0.05, 0.1) is 6.54 Å². The Morgan fingerprint density at radius 2 is 2.00 bits per heavy atom. The zero-order valence-electron chi connectivity index (χ0n) is 14.2. The third kappa shape index (κ3) is 3.50. The van der Waals surface area contributed by atoms with Gasteiger partial charge in [0.1, 0.15) is 0 Å². The average molecular weight is 314 g/mol. The van der Waals surface area contributed by atoms with Gasteiger partial charge in [-0.1, -0.05) is 13.8 Å². The Kier molecular flexibility index (Phi) is 4.57. The number of rotatable bonds is 3. The molecule has 1 saturated heterocycles. The lowest BCUT2D eigenvalue weighted by Gasteiger charge is -2.27. The molecule has 5 heteroatoms. The number of nitrogens with one attached hydrogen (secondary N) is 3. The molecule has 0 saturated carbocycles. The molecule has 124 valence electrons. The molecular formula is C18H26N4O. The van der Waals surface area contributed by atoms with Crippen molar-refractivity contribution >= 4 is 16.9 Å². The first-order chi connectivity index (χ1) is 11.0. The van der Waals surface area contributed by atoms with Crippen molar-refractivity contribution in [2.24, 2.45) is 0 Å². The van der Waals surface area contributed by atoms with Crippen LogP contribution in [0.25, 0.3) is 10.9 Å². The third-order valence-corrected chi connectivity index (χ3v) is 4.52. The first-order valence-corrected chi connectivity index (χ1v) is 8.40. The number of hydrogen-bond acceptors (Lipinski definition) is 2. The number of aryl methyl sites for hydroxylation is 1. The number of hydrogen-bond donors (Lipinski definition) is 3. The van der Waals surface area contributed by atoms with Gasteiger partial charge >= 0.3 is 6.03 Å². The Morgan fingerprint density at radius 1 is 1.26 bits per heavy atom. The molecule has 0 atom stereocenters. The van der Waals surface area contributed by atoms with Crippen LogP contribution in [0.5, 0.6) is 0 Å². The summed E-state index contributed by atoms with van der Waals surface area (Å²) in [6.07, 6.45) is 0. The highest BCUT2D eigenvalue weighted by atomic mass is 16.2. The van der Waals surface area contributed by atoms with Crippen LogP contribution in [0.3, 0.4) is 0 Å². The molecule has 2 aromatic rings. The number of piperazine rings is 1. The second-order valence-corrected chi connectivity index (χ2v) is 6.64. The number of fused-ring (bicyclic) bond motifs is 1. The van der Waals surface area contributed by atoms with E-state index in [1.807, 2.05) is 4.90 Å². The minimum atomic E-state index is 0.0178. The summed E-state index contributed by atoms with van der Waals surface area (Å²) in [6, 6.07) is 6.61. The summed E-state index contributed by atoms with van der Waals surface area (Å²) in [5.74, 6) is 0.513. The van der Waals surface area contributed by atoms with Crippen molar-refractivity contribution in [1.29, 1.82) is 0 Å². The number of amides is 2. The number of benzene rings is 1. The zero-order valence-corrected chi connectivity index (χ0v) is 14.2. The largest absolute Gasteiger partial charge is 0.357 e. The summed E-state index contributed by atoms with van der Waals surface area (Å²) in [4.78, 5) is 17.4. The first-order valence-electron chi connectivity index (χ1n) is 8.40. The normalized spacial score (nSPS) is 15.4. The maximum atomic E-state index is 12.2. The molecule has 3 rings (SSSR count). The molecule has 1 aliphatic heterocycles. The van der Waals surface area contributed by atoms with E-state index in [-0.39, 0.29) is 6.03 Å². The van der Waals surface area contributed by atoms with Crippen molar-refractivity contribution in [3.8, 4) is 0 Å². The predicted molar refractivity (Wildman–Crippen MR) is 93.8 cm³/mol. The van der Waals surface area contributed by atoms with Gasteiger partial charge in [0, 0.05) is 37.4 Å². The van der Waals surface area contributed by atoms with Crippen molar-refractivity contribution in [1.82, 2.24) is 20.5 Å². The Hall–Kier alpha value is -2.01. The monoisotopic (exact) mass is 314 g/mol. The standard InChI is InChI=1S/C18H26N4O/c1-12(2)16-10-17-14(8-13(16)3)9-15(21-17)11-20-18(23)22-6-4-19-5-7-22/h8-10,12,19,21H,4-7,11H2,1-3H3,(H,20,23). The van der Waals surface area contributed by atoms with Gasteiger partial charge in [-0.2, -0.15) is 0 Å². The molecule has 0 unspecified atom stereocenters. The highest BCUT2D eigenvalue weighted by Gasteiger charge is 2.16. The molecule has 5 nitrogen and oxygen atoms in total. The van der Waals surface area contributed by atoms with Crippen molar-refractivity contribution in [2.45, 2.75) is 33.2 Å². The highest BCUT2D eigenvalue weighted by molar-refractivity contribution is 5.82. The molecule has 2 amide bonds. The molecule has 0 spiro atoms. The zero-order chi connectivity index (χ0) is 16.4. The lowest BCUT2D eigenvalue weighted by Crippen LogP contribution is -2.50. The van der Waals surface area contributed by atoms with Crippen molar-refractivity contribution < 1.29 is 4.79 Å². The van der Waals surface area contributed by atoms with Gasteiger partial charge in [0.2, 0.25) is 0 Å². The molecule has 0 bridgehead atoms. The number of H-pyrrole nitrogens is 1. The second-order valence-electron chi connectivity index (χ2n) is 6.64. The van der Waals surface area contributed by atoms with Gasteiger partial charge in [0.15, 0.2) is 0 Å². The van der Waals surface area contributed by atoms with Crippen LogP contribution in [0.15, 0.2) is 18.2 Å². The van der Waals surface area contributed by atoms with E-state index in [9.17, 15) is 4.79 Å². The number of urea groups is 1. The van der Waals surface area contributed by atoms with Gasteiger partial charge in [-0.25, -0.2) is 4.79 Å². The van der Waals surface area contributed by atoms with Crippen LogP contribution in [0, 0.1) is 6.92 Å². The number of carbonyl (C=O) groups is 1. The van der Waals surface area contributed by atoms with Gasteiger partial charge in [-0.05, 0) is 47.6 Å². The van der Waals surface area contributed by atoms with Crippen molar-refractivity contribution in [3.05, 3.63) is 35.0 Å². The van der Waals surface area contributed by atoms with Crippen LogP contribution in [0.1, 0.15) is 36.6 Å². The van der Waals surface area contributed by atoms with E-state index in [4.69, 9.17) is 0 Å². The summed E-state index contributed by atoms with van der Waals surface area (Å²) in [6.45, 7) is 10.4. The van der Waals surface area contributed by atoms with Crippen LogP contribution in [-0.4, -0.2) is 42.1 Å². The number of aromatic nitrogens is 1. The fraction of sp³-hybridized carbons (Fsp3) is 0.500. The molecule has 2 heterocycles. The number of nitrogens with zero attached hydrogens (tertiary/aromatic N) is 1. The summed E-state index contributed by atoms with van der Waals surface area (Å²) >= 11 is 0. The van der Waals surface area contributed by atoms with Crippen LogP contribution in [0.2, 0.25) is 0 Å². The fourth-order valence-corrected chi connectivity index (χ4v) is 3.24. The van der Waals surface area contributed by atoms with E-state index in [1.165, 1.54) is 16.5 Å². The molecule has 0 radical (unpaired) electrons. The van der Waals surface area contributed by atoms with Gasteiger partial charge in [-0.15, -0.1) is 0 Å². The van der Waals surface area contributed by atoms with Crippen LogP contribution in [0.4, 0.5) is 4.79 Å². The summed E-state index contributed by atoms with van der Waals surface area (Å²) in [5, 5.41) is 7.47. The topological polar surface area (TPSA) is 60.2 Å². The lowest BCUT2D eigenvalue weighted by molar-refractivity contribution is 0.189. The van der Waals surface area contributed by atoms with Crippen LogP contribution < -0.4 is 10.6 Å². The molecule has 23 heavy (non-hydrogen) atoms. The van der Waals surface area contributed by atoms with E-state index in [0.717, 1.165) is 37.4 Å². The SMILES string of the molecule is Cc1cc2cc(CNC(=O)N3CCNCC3)[nH]c2cc1C(C)C. The minimum absolute atomic E-state index is 0.0178.